The SMILES string of the molecule is COc1ccc(S(=O)(=O)NCCCCO)cc1F. The van der Waals surface area contributed by atoms with E-state index in [1.807, 2.05) is 0 Å². The van der Waals surface area contributed by atoms with Gasteiger partial charge in [0.15, 0.2) is 11.6 Å². The molecule has 18 heavy (non-hydrogen) atoms. The van der Waals surface area contributed by atoms with Gasteiger partial charge in [0.1, 0.15) is 0 Å². The average Bonchev–Trinajstić information content (AvgIpc) is 2.34. The molecule has 0 aliphatic heterocycles. The minimum atomic E-state index is -3.72. The first kappa shape index (κ1) is 14.9. The molecule has 0 aromatic heterocycles. The maximum atomic E-state index is 13.4. The fourth-order valence-electron chi connectivity index (χ4n) is 1.34. The average molecular weight is 277 g/mol. The van der Waals surface area contributed by atoms with Crippen molar-refractivity contribution in [3.05, 3.63) is 24.0 Å². The van der Waals surface area contributed by atoms with Crippen LogP contribution in [0.2, 0.25) is 0 Å². The molecule has 0 fully saturated rings. The maximum Gasteiger partial charge on any atom is 0.240 e. The van der Waals surface area contributed by atoms with Crippen molar-refractivity contribution >= 4 is 10.0 Å². The zero-order chi connectivity index (χ0) is 13.6. The Balaban J connectivity index is 2.76. The van der Waals surface area contributed by atoms with Gasteiger partial charge in [-0.15, -0.1) is 0 Å². The van der Waals surface area contributed by atoms with Gasteiger partial charge in [0.25, 0.3) is 0 Å². The van der Waals surface area contributed by atoms with Crippen molar-refractivity contribution < 1.29 is 22.7 Å². The molecule has 1 aromatic carbocycles. The van der Waals surface area contributed by atoms with Crippen molar-refractivity contribution in [1.29, 1.82) is 0 Å². The van der Waals surface area contributed by atoms with E-state index in [-0.39, 0.29) is 23.8 Å². The first-order valence-electron chi connectivity index (χ1n) is 5.45. The van der Waals surface area contributed by atoms with Crippen LogP contribution in [-0.2, 0) is 10.0 Å². The molecule has 0 atom stereocenters. The lowest BCUT2D eigenvalue weighted by atomic mass is 10.3. The Morgan fingerprint density at radius 1 is 1.39 bits per heavy atom. The highest BCUT2D eigenvalue weighted by Gasteiger charge is 2.15. The second-order valence-electron chi connectivity index (χ2n) is 3.62. The highest BCUT2D eigenvalue weighted by atomic mass is 32.2. The Hall–Kier alpha value is -1.18. The van der Waals surface area contributed by atoms with Gasteiger partial charge in [-0.05, 0) is 31.0 Å². The quantitative estimate of drug-likeness (QED) is 0.726. The number of hydrogen-bond donors (Lipinski definition) is 2. The largest absolute Gasteiger partial charge is 0.494 e. The standard InChI is InChI=1S/C11H16FNO4S/c1-17-11-5-4-9(8-10(11)12)18(15,16)13-6-2-3-7-14/h4-5,8,13-14H,2-3,6-7H2,1H3. The number of benzene rings is 1. The smallest absolute Gasteiger partial charge is 0.240 e. The van der Waals surface area contributed by atoms with Gasteiger partial charge in [-0.1, -0.05) is 0 Å². The van der Waals surface area contributed by atoms with Crippen molar-refractivity contribution in [2.45, 2.75) is 17.7 Å². The second kappa shape index (κ2) is 6.67. The molecule has 0 bridgehead atoms. The minimum absolute atomic E-state index is 0.00534. The molecule has 0 unspecified atom stereocenters. The number of nitrogens with one attached hydrogen (secondary N) is 1. The van der Waals surface area contributed by atoms with E-state index in [0.29, 0.717) is 12.8 Å². The van der Waals surface area contributed by atoms with Crippen LogP contribution in [0.1, 0.15) is 12.8 Å². The third kappa shape index (κ3) is 3.94. The summed E-state index contributed by atoms with van der Waals surface area (Å²) in [4.78, 5) is -0.148. The molecule has 0 saturated heterocycles. The predicted octanol–water partition coefficient (Wildman–Crippen LogP) is 0.885. The Labute approximate surface area is 106 Å². The highest BCUT2D eigenvalue weighted by molar-refractivity contribution is 7.89. The number of methoxy groups -OCH3 is 1. The molecular formula is C11H16FNO4S. The minimum Gasteiger partial charge on any atom is -0.494 e. The van der Waals surface area contributed by atoms with Crippen LogP contribution in [0.5, 0.6) is 5.75 Å². The van der Waals surface area contributed by atoms with Gasteiger partial charge in [-0.2, -0.15) is 0 Å². The van der Waals surface area contributed by atoms with Gasteiger partial charge in [0, 0.05) is 13.2 Å². The molecule has 0 spiro atoms. The fraction of sp³-hybridized carbons (Fsp3) is 0.455. The van der Waals surface area contributed by atoms with Crippen molar-refractivity contribution in [1.82, 2.24) is 4.72 Å². The molecule has 1 aromatic rings. The maximum absolute atomic E-state index is 13.4. The van der Waals surface area contributed by atoms with Crippen LogP contribution in [-0.4, -0.2) is 33.8 Å². The molecule has 0 amide bonds. The highest BCUT2D eigenvalue weighted by Crippen LogP contribution is 2.20. The Bertz CT molecular complexity index is 490. The number of aliphatic hydroxyl groups is 1. The predicted molar refractivity (Wildman–Crippen MR) is 64.5 cm³/mol. The molecule has 0 aliphatic carbocycles. The first-order chi connectivity index (χ1) is 8.51. The number of rotatable bonds is 7. The number of hydrogen-bond acceptors (Lipinski definition) is 4. The molecular weight excluding hydrogens is 261 g/mol. The zero-order valence-corrected chi connectivity index (χ0v) is 10.8. The van der Waals surface area contributed by atoms with Crippen molar-refractivity contribution in [3.8, 4) is 5.75 Å². The molecule has 5 nitrogen and oxygen atoms in total. The summed E-state index contributed by atoms with van der Waals surface area (Å²) in [6.07, 6.45) is 1.04. The molecule has 0 radical (unpaired) electrons. The number of sulfonamides is 1. The van der Waals surface area contributed by atoms with Crippen LogP contribution in [0.4, 0.5) is 4.39 Å². The second-order valence-corrected chi connectivity index (χ2v) is 5.39. The molecule has 7 heteroatoms. The van der Waals surface area contributed by atoms with Gasteiger partial charge in [-0.3, -0.25) is 0 Å². The van der Waals surface area contributed by atoms with Crippen LogP contribution in [0.25, 0.3) is 0 Å². The summed E-state index contributed by atoms with van der Waals surface area (Å²) in [5.74, 6) is -0.732. The number of aliphatic hydroxyl groups excluding tert-OH is 1. The van der Waals surface area contributed by atoms with Gasteiger partial charge in [0.2, 0.25) is 10.0 Å². The van der Waals surface area contributed by atoms with E-state index in [0.717, 1.165) is 6.07 Å². The monoisotopic (exact) mass is 277 g/mol. The lowest BCUT2D eigenvalue weighted by Gasteiger charge is -2.08. The topological polar surface area (TPSA) is 75.6 Å². The van der Waals surface area contributed by atoms with Crippen molar-refractivity contribution in [3.63, 3.8) is 0 Å². The van der Waals surface area contributed by atoms with E-state index in [2.05, 4.69) is 4.72 Å². The third-order valence-corrected chi connectivity index (χ3v) is 3.77. The van der Waals surface area contributed by atoms with Crippen LogP contribution in [0, 0.1) is 5.82 Å². The normalized spacial score (nSPS) is 11.5. The van der Waals surface area contributed by atoms with Crippen LogP contribution >= 0.6 is 0 Å². The summed E-state index contributed by atoms with van der Waals surface area (Å²) in [5.41, 5.74) is 0. The van der Waals surface area contributed by atoms with E-state index in [4.69, 9.17) is 9.84 Å². The lowest BCUT2D eigenvalue weighted by molar-refractivity contribution is 0.285. The van der Waals surface area contributed by atoms with Gasteiger partial charge in [-0.25, -0.2) is 17.5 Å². The van der Waals surface area contributed by atoms with E-state index >= 15 is 0 Å². The van der Waals surface area contributed by atoms with E-state index < -0.39 is 15.8 Å². The lowest BCUT2D eigenvalue weighted by Crippen LogP contribution is -2.25. The summed E-state index contributed by atoms with van der Waals surface area (Å²) in [6, 6.07) is 3.45. The van der Waals surface area contributed by atoms with Crippen LogP contribution in [0.3, 0.4) is 0 Å². The molecule has 1 rings (SSSR count). The number of unbranched alkanes of at least 4 members (excludes halogenated alkanes) is 1. The first-order valence-corrected chi connectivity index (χ1v) is 6.93. The molecule has 0 aliphatic rings. The third-order valence-electron chi connectivity index (χ3n) is 2.31. The number of ether oxygens (including phenoxy) is 1. The van der Waals surface area contributed by atoms with E-state index in [9.17, 15) is 12.8 Å². The van der Waals surface area contributed by atoms with Crippen molar-refractivity contribution in [2.24, 2.45) is 0 Å². The fourth-order valence-corrected chi connectivity index (χ4v) is 2.43. The van der Waals surface area contributed by atoms with Gasteiger partial charge < -0.3 is 9.84 Å². The molecule has 0 saturated carbocycles. The molecule has 102 valence electrons. The van der Waals surface area contributed by atoms with E-state index in [1.54, 1.807) is 0 Å². The Morgan fingerprint density at radius 2 is 2.11 bits per heavy atom. The summed E-state index contributed by atoms with van der Waals surface area (Å²) in [6.45, 7) is 0.218. The summed E-state index contributed by atoms with van der Waals surface area (Å²) < 4.78 is 43.9. The summed E-state index contributed by atoms with van der Waals surface area (Å²) in [5, 5.41) is 8.57. The van der Waals surface area contributed by atoms with Gasteiger partial charge in [0.05, 0.1) is 12.0 Å². The van der Waals surface area contributed by atoms with Gasteiger partial charge >= 0.3 is 0 Å². The molecule has 0 heterocycles. The van der Waals surface area contributed by atoms with Crippen LogP contribution in [0.15, 0.2) is 23.1 Å². The van der Waals surface area contributed by atoms with Crippen molar-refractivity contribution in [2.75, 3.05) is 20.3 Å². The number of halogens is 1. The Morgan fingerprint density at radius 3 is 2.67 bits per heavy atom. The summed E-state index contributed by atoms with van der Waals surface area (Å²) in [7, 11) is -2.41. The van der Waals surface area contributed by atoms with Crippen LogP contribution < -0.4 is 9.46 Å². The molecule has 2 N–H and O–H groups in total. The summed E-state index contributed by atoms with van der Waals surface area (Å²) >= 11 is 0. The van der Waals surface area contributed by atoms with E-state index in [1.165, 1.54) is 19.2 Å². The zero-order valence-electron chi connectivity index (χ0n) is 10.0. The Kier molecular flexibility index (Phi) is 5.52.